The van der Waals surface area contributed by atoms with E-state index in [1.165, 1.54) is 19.2 Å². The first-order chi connectivity index (χ1) is 11.6. The Morgan fingerprint density at radius 1 is 1.28 bits per heavy atom. The van der Waals surface area contributed by atoms with Crippen molar-refractivity contribution >= 4 is 27.6 Å². The zero-order chi connectivity index (χ0) is 19.0. The van der Waals surface area contributed by atoms with Crippen LogP contribution in [0.25, 0.3) is 0 Å². The molecule has 1 rings (SSSR count). The van der Waals surface area contributed by atoms with Crippen LogP contribution in [-0.4, -0.2) is 46.7 Å². The van der Waals surface area contributed by atoms with E-state index in [1.807, 2.05) is 0 Å². The van der Waals surface area contributed by atoms with E-state index in [0.29, 0.717) is 18.2 Å². The fourth-order valence-corrected chi connectivity index (χ4v) is 3.10. The number of rotatable bonds is 9. The van der Waals surface area contributed by atoms with Gasteiger partial charge in [0, 0.05) is 19.5 Å². The molecule has 1 N–H and O–H groups in total. The van der Waals surface area contributed by atoms with Crippen molar-refractivity contribution in [3.05, 3.63) is 29.8 Å². The molecule has 0 radical (unpaired) electrons. The highest BCUT2D eigenvalue weighted by Crippen LogP contribution is 2.20. The van der Waals surface area contributed by atoms with E-state index in [4.69, 9.17) is 0 Å². The molecule has 140 valence electrons. The van der Waals surface area contributed by atoms with Crippen LogP contribution in [-0.2, 0) is 19.6 Å². The third kappa shape index (κ3) is 7.13. The zero-order valence-corrected chi connectivity index (χ0v) is 15.9. The summed E-state index contributed by atoms with van der Waals surface area (Å²) in [5, 5.41) is 2.78. The van der Waals surface area contributed by atoms with Gasteiger partial charge in [-0.05, 0) is 30.5 Å². The number of benzene rings is 1. The number of nitrogens with zero attached hydrogens (tertiary/aromatic N) is 1. The lowest BCUT2D eigenvalue weighted by molar-refractivity contribution is -0.120. The Balaban J connectivity index is 2.83. The molecule has 1 aromatic carbocycles. The number of esters is 1. The Kier molecular flexibility index (Phi) is 7.89. The molecule has 0 heterocycles. The second kappa shape index (κ2) is 9.41. The van der Waals surface area contributed by atoms with Crippen LogP contribution in [0.1, 0.15) is 37.0 Å². The van der Waals surface area contributed by atoms with Gasteiger partial charge in [0.05, 0.1) is 24.6 Å². The minimum atomic E-state index is -3.60. The van der Waals surface area contributed by atoms with E-state index in [9.17, 15) is 18.0 Å². The lowest BCUT2D eigenvalue weighted by atomic mass is 10.1. The summed E-state index contributed by atoms with van der Waals surface area (Å²) in [5.74, 6) is -0.283. The van der Waals surface area contributed by atoms with Crippen LogP contribution < -0.4 is 9.62 Å². The summed E-state index contributed by atoms with van der Waals surface area (Å²) in [6.45, 7) is 4.68. The van der Waals surface area contributed by atoms with E-state index in [0.717, 1.165) is 17.0 Å². The lowest BCUT2D eigenvalue weighted by Gasteiger charge is -2.22. The number of hydrogen-bond donors (Lipinski definition) is 1. The molecule has 0 aromatic heterocycles. The summed E-state index contributed by atoms with van der Waals surface area (Å²) in [5.41, 5.74) is 0.565. The van der Waals surface area contributed by atoms with Crippen molar-refractivity contribution in [1.82, 2.24) is 5.32 Å². The number of carbonyl (C=O) groups is 2. The number of ether oxygens (including phenoxy) is 1. The van der Waals surface area contributed by atoms with Crippen LogP contribution in [0, 0.1) is 5.92 Å². The lowest BCUT2D eigenvalue weighted by Crippen LogP contribution is -2.35. The normalized spacial score (nSPS) is 11.2. The van der Waals surface area contributed by atoms with Crippen molar-refractivity contribution in [2.45, 2.75) is 26.7 Å². The summed E-state index contributed by atoms with van der Waals surface area (Å²) in [4.78, 5) is 23.5. The number of hydrogen-bond acceptors (Lipinski definition) is 5. The summed E-state index contributed by atoms with van der Waals surface area (Å²) in [6.07, 6.45) is 1.96. The number of carbonyl (C=O) groups excluding carboxylic acids is 2. The van der Waals surface area contributed by atoms with Crippen LogP contribution in [0.4, 0.5) is 5.69 Å². The first-order valence-corrected chi connectivity index (χ1v) is 9.92. The molecule has 0 aliphatic rings. The first kappa shape index (κ1) is 21.0. The Labute approximate surface area is 149 Å². The smallest absolute Gasteiger partial charge is 0.337 e. The second-order valence-corrected chi connectivity index (χ2v) is 8.07. The molecule has 0 bridgehead atoms. The number of methoxy groups -OCH3 is 1. The number of anilines is 1. The number of sulfonamides is 1. The zero-order valence-electron chi connectivity index (χ0n) is 15.1. The van der Waals surface area contributed by atoms with Gasteiger partial charge in [-0.3, -0.25) is 9.10 Å². The van der Waals surface area contributed by atoms with Gasteiger partial charge < -0.3 is 10.1 Å². The van der Waals surface area contributed by atoms with Crippen LogP contribution in [0.3, 0.4) is 0 Å². The highest BCUT2D eigenvalue weighted by Gasteiger charge is 2.20. The summed E-state index contributed by atoms with van der Waals surface area (Å²) < 4.78 is 29.9. The first-order valence-electron chi connectivity index (χ1n) is 8.08. The Morgan fingerprint density at radius 3 is 2.52 bits per heavy atom. The molecule has 0 atom stereocenters. The maximum absolute atomic E-state index is 12.1. The minimum absolute atomic E-state index is 0.00300. The maximum atomic E-state index is 12.1. The number of amides is 1. The highest BCUT2D eigenvalue weighted by molar-refractivity contribution is 7.92. The topological polar surface area (TPSA) is 92.8 Å². The Hall–Kier alpha value is -2.09. The fraction of sp³-hybridized carbons (Fsp3) is 0.529. The molecule has 1 amide bonds. The molecular formula is C17H26N2O5S. The van der Waals surface area contributed by atoms with Gasteiger partial charge >= 0.3 is 5.97 Å². The van der Waals surface area contributed by atoms with Crippen molar-refractivity contribution in [1.29, 1.82) is 0 Å². The van der Waals surface area contributed by atoms with Crippen LogP contribution in [0.5, 0.6) is 0 Å². The van der Waals surface area contributed by atoms with E-state index >= 15 is 0 Å². The molecule has 1 aromatic rings. The minimum Gasteiger partial charge on any atom is -0.465 e. The quantitative estimate of drug-likeness (QED) is 0.669. The van der Waals surface area contributed by atoms with Crippen molar-refractivity contribution in [2.75, 3.05) is 30.8 Å². The molecule has 8 heteroatoms. The third-order valence-corrected chi connectivity index (χ3v) is 4.74. The van der Waals surface area contributed by atoms with Gasteiger partial charge in [0.1, 0.15) is 0 Å². The molecule has 0 saturated heterocycles. The van der Waals surface area contributed by atoms with E-state index in [1.54, 1.807) is 12.1 Å². The van der Waals surface area contributed by atoms with E-state index in [-0.39, 0.29) is 24.4 Å². The molecule has 0 spiro atoms. The van der Waals surface area contributed by atoms with Gasteiger partial charge in [0.15, 0.2) is 0 Å². The van der Waals surface area contributed by atoms with Crippen molar-refractivity contribution in [3.8, 4) is 0 Å². The van der Waals surface area contributed by atoms with E-state index in [2.05, 4.69) is 23.9 Å². The molecule has 7 nitrogen and oxygen atoms in total. The third-order valence-electron chi connectivity index (χ3n) is 3.54. The predicted molar refractivity (Wildman–Crippen MR) is 97.1 cm³/mol. The fourth-order valence-electron chi connectivity index (χ4n) is 2.18. The molecule has 0 saturated carbocycles. The molecule has 0 fully saturated rings. The van der Waals surface area contributed by atoms with Gasteiger partial charge in [-0.15, -0.1) is 0 Å². The average molecular weight is 370 g/mol. The second-order valence-electron chi connectivity index (χ2n) is 6.16. The average Bonchev–Trinajstić information content (AvgIpc) is 2.53. The largest absolute Gasteiger partial charge is 0.465 e. The highest BCUT2D eigenvalue weighted by atomic mass is 32.2. The Bertz CT molecular complexity index is 701. The van der Waals surface area contributed by atoms with Crippen LogP contribution >= 0.6 is 0 Å². The van der Waals surface area contributed by atoms with Gasteiger partial charge in [-0.2, -0.15) is 0 Å². The maximum Gasteiger partial charge on any atom is 0.337 e. The molecule has 25 heavy (non-hydrogen) atoms. The SMILES string of the molecule is COC(=O)c1cccc(N(CCC(=O)NCCC(C)C)S(C)(=O)=O)c1. The van der Waals surface area contributed by atoms with Gasteiger partial charge in [0.25, 0.3) is 0 Å². The van der Waals surface area contributed by atoms with Crippen molar-refractivity contribution in [3.63, 3.8) is 0 Å². The van der Waals surface area contributed by atoms with E-state index < -0.39 is 16.0 Å². The van der Waals surface area contributed by atoms with Gasteiger partial charge in [0.2, 0.25) is 15.9 Å². The Morgan fingerprint density at radius 2 is 1.96 bits per heavy atom. The molecule has 0 unspecified atom stereocenters. The van der Waals surface area contributed by atoms with Gasteiger partial charge in [-0.1, -0.05) is 19.9 Å². The van der Waals surface area contributed by atoms with Gasteiger partial charge in [-0.25, -0.2) is 13.2 Å². The summed E-state index contributed by atoms with van der Waals surface area (Å²) >= 11 is 0. The van der Waals surface area contributed by atoms with Crippen molar-refractivity contribution in [2.24, 2.45) is 5.92 Å². The molecule has 0 aliphatic heterocycles. The predicted octanol–water partition coefficient (Wildman–Crippen LogP) is 1.79. The molecular weight excluding hydrogens is 344 g/mol. The van der Waals surface area contributed by atoms with Crippen LogP contribution in [0.2, 0.25) is 0 Å². The summed E-state index contributed by atoms with van der Waals surface area (Å²) in [7, 11) is -2.34. The van der Waals surface area contributed by atoms with Crippen molar-refractivity contribution < 1.29 is 22.7 Å². The molecule has 0 aliphatic carbocycles. The summed E-state index contributed by atoms with van der Waals surface area (Å²) in [6, 6.07) is 6.12. The standard InChI is InChI=1S/C17H26N2O5S/c1-13(2)8-10-18-16(20)9-11-19(25(4,22)23)15-7-5-6-14(12-15)17(21)24-3/h5-7,12-13H,8-11H2,1-4H3,(H,18,20). The monoisotopic (exact) mass is 370 g/mol. The number of nitrogens with one attached hydrogen (secondary N) is 1. The van der Waals surface area contributed by atoms with Crippen LogP contribution in [0.15, 0.2) is 24.3 Å².